The number of benzene rings is 2. The average Bonchev–Trinajstić information content (AvgIpc) is 2.98. The van der Waals surface area contributed by atoms with E-state index < -0.39 is 23.7 Å². The van der Waals surface area contributed by atoms with Gasteiger partial charge in [-0.25, -0.2) is 0 Å². The van der Waals surface area contributed by atoms with E-state index in [1.807, 2.05) is 0 Å². The number of thioether (sulfide) groups is 1. The standard InChI is InChI=1S/C20H14BrClF2N2O4S/c21-12-3-6-15(22)14(10-12)17(27)25-7-8-26-18(28)16(31-20(26)29)9-11-1-4-13(5-2-11)30-19(23)24/h1-6,9-10,19H,7-8H2,(H,25,27). The zero-order valence-corrected chi connectivity index (χ0v) is 18.8. The summed E-state index contributed by atoms with van der Waals surface area (Å²) in [4.78, 5) is 38.2. The molecule has 0 radical (unpaired) electrons. The van der Waals surface area contributed by atoms with Crippen LogP contribution in [0.5, 0.6) is 5.75 Å². The lowest BCUT2D eigenvalue weighted by Crippen LogP contribution is -2.37. The van der Waals surface area contributed by atoms with Crippen molar-refractivity contribution in [3.05, 3.63) is 68.0 Å². The molecule has 3 amide bonds. The molecule has 1 saturated heterocycles. The number of carbonyl (C=O) groups is 3. The molecule has 11 heteroatoms. The van der Waals surface area contributed by atoms with E-state index in [1.165, 1.54) is 30.3 Å². The molecule has 0 unspecified atom stereocenters. The monoisotopic (exact) mass is 530 g/mol. The van der Waals surface area contributed by atoms with Gasteiger partial charge in [0.05, 0.1) is 15.5 Å². The van der Waals surface area contributed by atoms with Gasteiger partial charge in [-0.15, -0.1) is 0 Å². The molecule has 6 nitrogen and oxygen atoms in total. The summed E-state index contributed by atoms with van der Waals surface area (Å²) >= 11 is 10.0. The number of halogens is 4. The first kappa shape index (κ1) is 23.2. The molecule has 2 aromatic rings. The molecule has 1 aliphatic rings. The van der Waals surface area contributed by atoms with Crippen molar-refractivity contribution in [2.45, 2.75) is 6.61 Å². The van der Waals surface area contributed by atoms with Crippen molar-refractivity contribution in [2.75, 3.05) is 13.1 Å². The van der Waals surface area contributed by atoms with Crippen LogP contribution >= 0.6 is 39.3 Å². The van der Waals surface area contributed by atoms with Crippen LogP contribution in [0.1, 0.15) is 15.9 Å². The highest BCUT2D eigenvalue weighted by molar-refractivity contribution is 9.10. The number of carbonyl (C=O) groups excluding carboxylic acids is 3. The summed E-state index contributed by atoms with van der Waals surface area (Å²) in [6, 6.07) is 10.5. The van der Waals surface area contributed by atoms with Crippen molar-refractivity contribution in [2.24, 2.45) is 0 Å². The van der Waals surface area contributed by atoms with E-state index in [0.717, 1.165) is 16.7 Å². The van der Waals surface area contributed by atoms with Crippen LogP contribution < -0.4 is 10.1 Å². The van der Waals surface area contributed by atoms with Crippen LogP contribution in [-0.2, 0) is 4.79 Å². The Balaban J connectivity index is 1.59. The summed E-state index contributed by atoms with van der Waals surface area (Å²) in [6.07, 6.45) is 1.48. The number of nitrogens with zero attached hydrogens (tertiary/aromatic N) is 1. The first-order valence-corrected chi connectivity index (χ1v) is 10.8. The Kier molecular flexibility index (Phi) is 7.69. The molecule has 3 rings (SSSR count). The van der Waals surface area contributed by atoms with Crippen LogP contribution in [0.3, 0.4) is 0 Å². The van der Waals surface area contributed by atoms with E-state index in [4.69, 9.17) is 11.6 Å². The van der Waals surface area contributed by atoms with Crippen molar-refractivity contribution < 1.29 is 27.9 Å². The fraction of sp³-hybridized carbons (Fsp3) is 0.150. The Bertz CT molecular complexity index is 1050. The van der Waals surface area contributed by atoms with E-state index in [0.29, 0.717) is 10.0 Å². The SMILES string of the molecule is O=C(NCCN1C(=O)SC(=Cc2ccc(OC(F)F)cc2)C1=O)c1cc(Br)ccc1Cl. The van der Waals surface area contributed by atoms with Gasteiger partial charge in [-0.2, -0.15) is 8.78 Å². The van der Waals surface area contributed by atoms with Gasteiger partial charge in [-0.1, -0.05) is 39.7 Å². The smallest absolute Gasteiger partial charge is 0.387 e. The van der Waals surface area contributed by atoms with Crippen LogP contribution in [-0.4, -0.2) is 41.7 Å². The topological polar surface area (TPSA) is 75.7 Å². The van der Waals surface area contributed by atoms with Gasteiger partial charge >= 0.3 is 6.61 Å². The molecule has 1 fully saturated rings. The lowest BCUT2D eigenvalue weighted by molar-refractivity contribution is -0.122. The highest BCUT2D eigenvalue weighted by Gasteiger charge is 2.34. The van der Waals surface area contributed by atoms with Gasteiger partial charge in [0.2, 0.25) is 0 Å². The highest BCUT2D eigenvalue weighted by Crippen LogP contribution is 2.32. The third-order valence-corrected chi connectivity index (χ3v) is 5.80. The van der Waals surface area contributed by atoms with Gasteiger partial charge in [-0.3, -0.25) is 19.3 Å². The van der Waals surface area contributed by atoms with Gasteiger partial charge in [0.1, 0.15) is 5.75 Å². The average molecular weight is 532 g/mol. The molecule has 0 aliphatic carbocycles. The fourth-order valence-corrected chi connectivity index (χ4v) is 4.07. The number of alkyl halides is 2. The molecule has 31 heavy (non-hydrogen) atoms. The van der Waals surface area contributed by atoms with Gasteiger partial charge in [0, 0.05) is 17.6 Å². The Hall–Kier alpha value is -2.43. The maximum absolute atomic E-state index is 12.5. The fourth-order valence-electron chi connectivity index (χ4n) is 2.64. The third kappa shape index (κ3) is 6.05. The molecule has 0 saturated carbocycles. The molecular formula is C20H14BrClF2N2O4S. The summed E-state index contributed by atoms with van der Waals surface area (Å²) in [5.41, 5.74) is 0.814. The van der Waals surface area contributed by atoms with Crippen LogP contribution in [0.15, 0.2) is 51.8 Å². The van der Waals surface area contributed by atoms with E-state index in [1.54, 1.807) is 18.2 Å². The molecule has 1 aliphatic heterocycles. The van der Waals surface area contributed by atoms with Crippen LogP contribution in [0.4, 0.5) is 13.6 Å². The lowest BCUT2D eigenvalue weighted by Gasteiger charge is -2.13. The Morgan fingerprint density at radius 1 is 1.23 bits per heavy atom. The van der Waals surface area contributed by atoms with E-state index >= 15 is 0 Å². The number of nitrogens with one attached hydrogen (secondary N) is 1. The van der Waals surface area contributed by atoms with Crippen molar-refractivity contribution in [1.29, 1.82) is 0 Å². The van der Waals surface area contributed by atoms with Gasteiger partial charge < -0.3 is 10.1 Å². The van der Waals surface area contributed by atoms with E-state index in [2.05, 4.69) is 26.0 Å². The number of amides is 3. The molecule has 0 bridgehead atoms. The summed E-state index contributed by atoms with van der Waals surface area (Å²) in [7, 11) is 0. The second-order valence-corrected chi connectivity index (χ2v) is 8.48. The van der Waals surface area contributed by atoms with Crippen molar-refractivity contribution in [3.8, 4) is 5.75 Å². The Labute approximate surface area is 193 Å². The Morgan fingerprint density at radius 2 is 1.94 bits per heavy atom. The maximum Gasteiger partial charge on any atom is 0.387 e. The normalized spacial score (nSPS) is 15.1. The largest absolute Gasteiger partial charge is 0.435 e. The summed E-state index contributed by atoms with van der Waals surface area (Å²) in [5, 5.41) is 2.44. The van der Waals surface area contributed by atoms with Crippen LogP contribution in [0.25, 0.3) is 6.08 Å². The minimum Gasteiger partial charge on any atom is -0.435 e. The molecule has 1 heterocycles. The van der Waals surface area contributed by atoms with E-state index in [-0.39, 0.29) is 34.3 Å². The second-order valence-electron chi connectivity index (χ2n) is 6.16. The van der Waals surface area contributed by atoms with Crippen LogP contribution in [0, 0.1) is 0 Å². The molecular weight excluding hydrogens is 518 g/mol. The zero-order chi connectivity index (χ0) is 22.5. The van der Waals surface area contributed by atoms with Crippen molar-refractivity contribution in [3.63, 3.8) is 0 Å². The Morgan fingerprint density at radius 3 is 2.61 bits per heavy atom. The molecule has 0 spiro atoms. The van der Waals surface area contributed by atoms with Gasteiger partial charge in [0.15, 0.2) is 0 Å². The summed E-state index contributed by atoms with van der Waals surface area (Å²) in [5.74, 6) is -0.945. The predicted molar refractivity (Wildman–Crippen MR) is 117 cm³/mol. The van der Waals surface area contributed by atoms with Crippen LogP contribution in [0.2, 0.25) is 5.02 Å². The zero-order valence-electron chi connectivity index (χ0n) is 15.6. The quantitative estimate of drug-likeness (QED) is 0.499. The molecule has 0 atom stereocenters. The molecule has 0 aromatic heterocycles. The van der Waals surface area contributed by atoms with Gasteiger partial charge in [0.25, 0.3) is 17.1 Å². The van der Waals surface area contributed by atoms with Crippen molar-refractivity contribution >= 4 is 62.4 Å². The molecule has 1 N–H and O–H groups in total. The number of imide groups is 1. The minimum absolute atomic E-state index is 0.0125. The first-order valence-electron chi connectivity index (χ1n) is 8.78. The second kappa shape index (κ2) is 10.3. The summed E-state index contributed by atoms with van der Waals surface area (Å²) < 4.78 is 29.4. The lowest BCUT2D eigenvalue weighted by atomic mass is 10.2. The van der Waals surface area contributed by atoms with Gasteiger partial charge in [-0.05, 0) is 53.7 Å². The van der Waals surface area contributed by atoms with E-state index in [9.17, 15) is 23.2 Å². The number of rotatable bonds is 7. The van der Waals surface area contributed by atoms with Crippen molar-refractivity contribution in [1.82, 2.24) is 10.2 Å². The minimum atomic E-state index is -2.93. The number of ether oxygens (including phenoxy) is 1. The first-order chi connectivity index (χ1) is 14.7. The highest BCUT2D eigenvalue weighted by atomic mass is 79.9. The third-order valence-electron chi connectivity index (χ3n) is 4.07. The summed E-state index contributed by atoms with van der Waals surface area (Å²) in [6.45, 7) is -2.89. The predicted octanol–water partition coefficient (Wildman–Crippen LogP) is 5.17. The number of hydrogen-bond acceptors (Lipinski definition) is 5. The molecule has 2 aromatic carbocycles. The molecule has 162 valence electrons. The maximum atomic E-state index is 12.5. The number of hydrogen-bond donors (Lipinski definition) is 1.